The Morgan fingerprint density at radius 2 is 2.10 bits per heavy atom. The first-order valence-electron chi connectivity index (χ1n) is 9.83. The average molecular weight is 445 g/mol. The van der Waals surface area contributed by atoms with Gasteiger partial charge in [0, 0.05) is 24.4 Å². The lowest BCUT2D eigenvalue weighted by atomic mass is 10.2. The first-order valence-corrected chi connectivity index (χ1v) is 11.3. The molecular formula is C21H23N3O6S. The van der Waals surface area contributed by atoms with Crippen LogP contribution in [-0.4, -0.2) is 50.8 Å². The van der Waals surface area contributed by atoms with Crippen LogP contribution in [0.5, 0.6) is 11.5 Å². The van der Waals surface area contributed by atoms with Gasteiger partial charge >= 0.3 is 0 Å². The third kappa shape index (κ3) is 4.08. The van der Waals surface area contributed by atoms with Crippen molar-refractivity contribution in [3.05, 3.63) is 42.0 Å². The van der Waals surface area contributed by atoms with Crippen LogP contribution in [-0.2, 0) is 19.6 Å². The molecule has 31 heavy (non-hydrogen) atoms. The number of carbonyl (C=O) groups is 2. The van der Waals surface area contributed by atoms with E-state index in [1.807, 2.05) is 0 Å². The summed E-state index contributed by atoms with van der Waals surface area (Å²) in [5, 5.41) is 5.45. The van der Waals surface area contributed by atoms with Crippen molar-refractivity contribution in [3.63, 3.8) is 0 Å². The van der Waals surface area contributed by atoms with Gasteiger partial charge in [0.15, 0.2) is 6.61 Å². The fourth-order valence-electron chi connectivity index (χ4n) is 3.84. The molecule has 164 valence electrons. The molecule has 2 aromatic carbocycles. The van der Waals surface area contributed by atoms with Crippen LogP contribution in [0, 0.1) is 6.92 Å². The quantitative estimate of drug-likeness (QED) is 0.729. The van der Waals surface area contributed by atoms with Crippen LogP contribution in [0.1, 0.15) is 18.4 Å². The summed E-state index contributed by atoms with van der Waals surface area (Å²) in [7, 11) is -2.43. The number of fused-ring (bicyclic) bond motifs is 1. The summed E-state index contributed by atoms with van der Waals surface area (Å²) in [5.41, 5.74) is 1.42. The molecule has 1 unspecified atom stereocenters. The highest BCUT2D eigenvalue weighted by Gasteiger charge is 2.40. The molecule has 4 rings (SSSR count). The van der Waals surface area contributed by atoms with E-state index >= 15 is 0 Å². The number of aryl methyl sites for hydroxylation is 1. The summed E-state index contributed by atoms with van der Waals surface area (Å²) in [6.45, 7) is 1.72. The molecule has 0 bridgehead atoms. The highest BCUT2D eigenvalue weighted by Crippen LogP contribution is 2.36. The van der Waals surface area contributed by atoms with Gasteiger partial charge in [-0.3, -0.25) is 9.59 Å². The molecule has 2 aliphatic rings. The van der Waals surface area contributed by atoms with E-state index in [2.05, 4.69) is 10.6 Å². The number of ether oxygens (including phenoxy) is 2. The van der Waals surface area contributed by atoms with E-state index < -0.39 is 22.0 Å². The summed E-state index contributed by atoms with van der Waals surface area (Å²) in [6.07, 6.45) is 0.998. The minimum Gasteiger partial charge on any atom is -0.497 e. The summed E-state index contributed by atoms with van der Waals surface area (Å²) >= 11 is 0. The van der Waals surface area contributed by atoms with E-state index in [9.17, 15) is 18.0 Å². The molecule has 0 aromatic heterocycles. The van der Waals surface area contributed by atoms with Gasteiger partial charge in [0.1, 0.15) is 17.5 Å². The highest BCUT2D eigenvalue weighted by atomic mass is 32.2. The van der Waals surface area contributed by atoms with E-state index in [1.54, 1.807) is 37.3 Å². The zero-order chi connectivity index (χ0) is 22.2. The Hall–Kier alpha value is -3.11. The Balaban J connectivity index is 1.60. The van der Waals surface area contributed by atoms with Crippen molar-refractivity contribution in [2.24, 2.45) is 0 Å². The molecule has 9 nitrogen and oxygen atoms in total. The number of nitrogens with one attached hydrogen (secondary N) is 2. The molecule has 2 N–H and O–H groups in total. The van der Waals surface area contributed by atoms with E-state index in [4.69, 9.17) is 9.47 Å². The minimum atomic E-state index is -3.96. The number of carbonyl (C=O) groups excluding carboxylic acids is 2. The zero-order valence-electron chi connectivity index (χ0n) is 17.2. The summed E-state index contributed by atoms with van der Waals surface area (Å²) in [5.74, 6) is 0.190. The molecular weight excluding hydrogens is 422 g/mol. The van der Waals surface area contributed by atoms with Crippen molar-refractivity contribution in [3.8, 4) is 11.5 Å². The molecule has 10 heteroatoms. The van der Waals surface area contributed by atoms with Crippen LogP contribution >= 0.6 is 0 Å². The second kappa shape index (κ2) is 8.20. The van der Waals surface area contributed by atoms with Crippen molar-refractivity contribution in [1.29, 1.82) is 0 Å². The lowest BCUT2D eigenvalue weighted by molar-refractivity contribution is -0.119. The molecule has 1 saturated heterocycles. The van der Waals surface area contributed by atoms with Gasteiger partial charge < -0.3 is 20.1 Å². The predicted molar refractivity (Wildman–Crippen MR) is 114 cm³/mol. The van der Waals surface area contributed by atoms with Crippen LogP contribution < -0.4 is 20.1 Å². The second-order valence-electron chi connectivity index (χ2n) is 7.45. The maximum Gasteiger partial charge on any atom is 0.262 e. The molecule has 2 aromatic rings. The van der Waals surface area contributed by atoms with Gasteiger partial charge in [-0.1, -0.05) is 6.07 Å². The van der Waals surface area contributed by atoms with Gasteiger partial charge in [-0.2, -0.15) is 4.31 Å². The smallest absolute Gasteiger partial charge is 0.262 e. The van der Waals surface area contributed by atoms with Crippen molar-refractivity contribution >= 4 is 33.2 Å². The Morgan fingerprint density at radius 1 is 1.29 bits per heavy atom. The summed E-state index contributed by atoms with van der Waals surface area (Å²) in [6, 6.07) is 9.04. The predicted octanol–water partition coefficient (Wildman–Crippen LogP) is 2.13. The SMILES string of the molecule is COc1cccc(NC(=O)C2CCCN2S(=O)(=O)c2cc3c(cc2C)NC(=O)CO3)c1. The minimum absolute atomic E-state index is 0.0588. The molecule has 2 heterocycles. The average Bonchev–Trinajstić information content (AvgIpc) is 3.24. The molecule has 1 atom stereocenters. The number of methoxy groups -OCH3 is 1. The molecule has 0 radical (unpaired) electrons. The third-order valence-corrected chi connectivity index (χ3v) is 7.39. The lowest BCUT2D eigenvalue weighted by Gasteiger charge is -2.26. The standard InChI is InChI=1S/C21H23N3O6S/c1-13-9-16-18(30-12-20(25)23-16)11-19(13)31(27,28)24-8-4-7-17(24)21(26)22-14-5-3-6-15(10-14)29-2/h3,5-6,9-11,17H,4,7-8,12H2,1-2H3,(H,22,26)(H,23,25). The number of anilines is 2. The van der Waals surface area contributed by atoms with Crippen LogP contribution in [0.2, 0.25) is 0 Å². The normalized spacial score (nSPS) is 18.6. The van der Waals surface area contributed by atoms with Gasteiger partial charge in [-0.25, -0.2) is 8.42 Å². The maximum atomic E-state index is 13.5. The molecule has 1 fully saturated rings. The van der Waals surface area contributed by atoms with E-state index in [0.717, 1.165) is 0 Å². The van der Waals surface area contributed by atoms with Crippen molar-refractivity contribution in [1.82, 2.24) is 4.31 Å². The molecule has 0 aliphatic carbocycles. The van der Waals surface area contributed by atoms with Crippen LogP contribution in [0.25, 0.3) is 0 Å². The first-order chi connectivity index (χ1) is 14.8. The number of sulfonamides is 1. The lowest BCUT2D eigenvalue weighted by Crippen LogP contribution is -2.43. The molecule has 0 spiro atoms. The fourth-order valence-corrected chi connectivity index (χ4v) is 5.72. The third-order valence-electron chi connectivity index (χ3n) is 5.34. The van der Waals surface area contributed by atoms with Crippen molar-refractivity contribution in [2.75, 3.05) is 30.9 Å². The van der Waals surface area contributed by atoms with E-state index in [-0.39, 0.29) is 24.0 Å². The van der Waals surface area contributed by atoms with E-state index in [0.29, 0.717) is 41.3 Å². The fraction of sp³-hybridized carbons (Fsp3) is 0.333. The van der Waals surface area contributed by atoms with Gasteiger partial charge in [-0.05, 0) is 43.5 Å². The van der Waals surface area contributed by atoms with Crippen LogP contribution in [0.15, 0.2) is 41.3 Å². The molecule has 2 aliphatic heterocycles. The summed E-state index contributed by atoms with van der Waals surface area (Å²) in [4.78, 5) is 24.5. The Morgan fingerprint density at radius 3 is 2.87 bits per heavy atom. The topological polar surface area (TPSA) is 114 Å². The Bertz CT molecular complexity index is 1150. The van der Waals surface area contributed by atoms with Gasteiger partial charge in [0.2, 0.25) is 15.9 Å². The van der Waals surface area contributed by atoms with Gasteiger partial charge in [0.25, 0.3) is 5.91 Å². The summed E-state index contributed by atoms with van der Waals surface area (Å²) < 4.78 is 38.7. The largest absolute Gasteiger partial charge is 0.497 e. The van der Waals surface area contributed by atoms with E-state index in [1.165, 1.54) is 17.5 Å². The van der Waals surface area contributed by atoms with Crippen LogP contribution in [0.4, 0.5) is 11.4 Å². The zero-order valence-corrected chi connectivity index (χ0v) is 18.0. The maximum absolute atomic E-state index is 13.5. The number of hydrogen-bond donors (Lipinski definition) is 2. The van der Waals surface area contributed by atoms with Crippen molar-refractivity contribution < 1.29 is 27.5 Å². The number of rotatable bonds is 5. The number of hydrogen-bond acceptors (Lipinski definition) is 6. The van der Waals surface area contributed by atoms with Crippen LogP contribution in [0.3, 0.4) is 0 Å². The first kappa shape index (κ1) is 21.1. The van der Waals surface area contributed by atoms with Crippen molar-refractivity contribution in [2.45, 2.75) is 30.7 Å². The van der Waals surface area contributed by atoms with Gasteiger partial charge in [-0.15, -0.1) is 0 Å². The number of amides is 2. The number of nitrogens with zero attached hydrogens (tertiary/aromatic N) is 1. The molecule has 2 amide bonds. The number of benzene rings is 2. The second-order valence-corrected chi connectivity index (χ2v) is 9.30. The highest BCUT2D eigenvalue weighted by molar-refractivity contribution is 7.89. The molecule has 0 saturated carbocycles. The monoisotopic (exact) mass is 445 g/mol. The Labute approximate surface area is 180 Å². The Kier molecular flexibility index (Phi) is 5.59. The van der Waals surface area contributed by atoms with Gasteiger partial charge in [0.05, 0.1) is 17.7 Å².